The summed E-state index contributed by atoms with van der Waals surface area (Å²) in [5.74, 6) is 0. The molecule has 1 heterocycles. The van der Waals surface area contributed by atoms with Crippen LogP contribution in [0.4, 0.5) is 0 Å². The van der Waals surface area contributed by atoms with Gasteiger partial charge in [0.05, 0.1) is 21.1 Å². The summed E-state index contributed by atoms with van der Waals surface area (Å²) in [5, 5.41) is 7.37. The van der Waals surface area contributed by atoms with E-state index in [2.05, 4.69) is 12.2 Å². The molecule has 1 aromatic heterocycles. The van der Waals surface area contributed by atoms with Crippen molar-refractivity contribution in [2.45, 2.75) is 19.4 Å². The minimum atomic E-state index is -0.0151. The molecule has 1 unspecified atom stereocenters. The maximum atomic E-state index is 6.33. The molecule has 0 saturated carbocycles. The first-order valence-corrected chi connectivity index (χ1v) is 8.06. The van der Waals surface area contributed by atoms with Crippen LogP contribution in [-0.2, 0) is 0 Å². The van der Waals surface area contributed by atoms with Gasteiger partial charge >= 0.3 is 0 Å². The van der Waals surface area contributed by atoms with Gasteiger partial charge in [0.1, 0.15) is 0 Å². The Hall–Kier alpha value is -0.250. The Balaban J connectivity index is 2.43. The van der Waals surface area contributed by atoms with Crippen molar-refractivity contribution in [3.05, 3.63) is 55.2 Å². The third kappa shape index (κ3) is 3.45. The molecule has 1 N–H and O–H groups in total. The molecule has 1 aromatic carbocycles. The number of thiophene rings is 1. The molecule has 0 fully saturated rings. The summed E-state index contributed by atoms with van der Waals surface area (Å²) in [6.45, 7) is 3.02. The molecule has 102 valence electrons. The smallest absolute Gasteiger partial charge is 0.0701 e. The molecular weight excluding hydrogens is 321 g/mol. The van der Waals surface area contributed by atoms with Gasteiger partial charge in [0.25, 0.3) is 0 Å². The molecule has 2 rings (SSSR count). The molecule has 19 heavy (non-hydrogen) atoms. The standard InChI is InChI=1S/C14H14Cl3NS/c1-2-7-18-13(14-11(16)6-8-19-14)9-4-3-5-10(15)12(9)17/h3-6,8,13,18H,2,7H2,1H3. The van der Waals surface area contributed by atoms with Crippen LogP contribution in [0.25, 0.3) is 0 Å². The summed E-state index contributed by atoms with van der Waals surface area (Å²) in [7, 11) is 0. The van der Waals surface area contributed by atoms with Crippen molar-refractivity contribution in [1.29, 1.82) is 0 Å². The normalized spacial score (nSPS) is 12.6. The van der Waals surface area contributed by atoms with Gasteiger partial charge in [-0.1, -0.05) is 53.9 Å². The predicted octanol–water partition coefficient (Wildman–Crippen LogP) is 5.80. The Morgan fingerprint density at radius 1 is 1.16 bits per heavy atom. The van der Waals surface area contributed by atoms with Crippen molar-refractivity contribution in [3.63, 3.8) is 0 Å². The van der Waals surface area contributed by atoms with Crippen LogP contribution < -0.4 is 5.32 Å². The van der Waals surface area contributed by atoms with E-state index in [1.165, 1.54) is 0 Å². The summed E-state index contributed by atoms with van der Waals surface area (Å²) < 4.78 is 0. The first-order chi connectivity index (χ1) is 9.15. The number of benzene rings is 1. The molecule has 2 aromatic rings. The summed E-state index contributed by atoms with van der Waals surface area (Å²) in [4.78, 5) is 1.07. The number of nitrogens with one attached hydrogen (secondary N) is 1. The fraction of sp³-hybridized carbons (Fsp3) is 0.286. The van der Waals surface area contributed by atoms with Crippen LogP contribution in [0.15, 0.2) is 29.6 Å². The zero-order valence-corrected chi connectivity index (χ0v) is 13.5. The number of halogens is 3. The Morgan fingerprint density at radius 2 is 1.95 bits per heavy atom. The second-order valence-corrected chi connectivity index (χ2v) is 6.30. The molecule has 5 heteroatoms. The van der Waals surface area contributed by atoms with Crippen LogP contribution in [0.1, 0.15) is 29.8 Å². The summed E-state index contributed by atoms with van der Waals surface area (Å²) in [6.07, 6.45) is 1.04. The number of hydrogen-bond donors (Lipinski definition) is 1. The second-order valence-electron chi connectivity index (χ2n) is 4.16. The molecule has 0 radical (unpaired) electrons. The molecule has 0 spiro atoms. The van der Waals surface area contributed by atoms with Crippen molar-refractivity contribution in [3.8, 4) is 0 Å². The lowest BCUT2D eigenvalue weighted by Gasteiger charge is -2.20. The Bertz CT molecular complexity index is 553. The third-order valence-corrected chi connectivity index (χ3v) is 5.05. The maximum Gasteiger partial charge on any atom is 0.0701 e. The van der Waals surface area contributed by atoms with Gasteiger partial charge in [0, 0.05) is 4.88 Å². The number of rotatable bonds is 5. The zero-order valence-electron chi connectivity index (χ0n) is 10.4. The highest BCUT2D eigenvalue weighted by Crippen LogP contribution is 2.38. The topological polar surface area (TPSA) is 12.0 Å². The van der Waals surface area contributed by atoms with Crippen molar-refractivity contribution in [2.75, 3.05) is 6.54 Å². The van der Waals surface area contributed by atoms with Gasteiger partial charge in [-0.05, 0) is 36.0 Å². The monoisotopic (exact) mass is 333 g/mol. The average Bonchev–Trinajstić information content (AvgIpc) is 2.81. The van der Waals surface area contributed by atoms with E-state index in [1.807, 2.05) is 23.6 Å². The van der Waals surface area contributed by atoms with Crippen LogP contribution >= 0.6 is 46.1 Å². The predicted molar refractivity (Wildman–Crippen MR) is 85.9 cm³/mol. The van der Waals surface area contributed by atoms with Crippen LogP contribution in [0.5, 0.6) is 0 Å². The fourth-order valence-corrected chi connectivity index (χ4v) is 3.56. The van der Waals surface area contributed by atoms with E-state index in [0.717, 1.165) is 28.4 Å². The molecule has 1 atom stereocenters. The molecule has 1 nitrogen and oxygen atoms in total. The lowest BCUT2D eigenvalue weighted by molar-refractivity contribution is 0.606. The highest BCUT2D eigenvalue weighted by molar-refractivity contribution is 7.10. The Kier molecular flexibility index (Phi) is 5.55. The van der Waals surface area contributed by atoms with E-state index < -0.39 is 0 Å². The molecular formula is C14H14Cl3NS. The van der Waals surface area contributed by atoms with Gasteiger partial charge in [-0.15, -0.1) is 11.3 Å². The zero-order chi connectivity index (χ0) is 13.8. The van der Waals surface area contributed by atoms with Crippen molar-refractivity contribution < 1.29 is 0 Å². The van der Waals surface area contributed by atoms with Gasteiger partial charge in [-0.2, -0.15) is 0 Å². The van der Waals surface area contributed by atoms with E-state index in [0.29, 0.717) is 10.0 Å². The van der Waals surface area contributed by atoms with E-state index in [1.54, 1.807) is 17.4 Å². The molecule has 0 aliphatic rings. The lowest BCUT2D eigenvalue weighted by Crippen LogP contribution is -2.23. The van der Waals surface area contributed by atoms with E-state index in [4.69, 9.17) is 34.8 Å². The van der Waals surface area contributed by atoms with Gasteiger partial charge < -0.3 is 5.32 Å². The molecule has 0 aliphatic carbocycles. The minimum Gasteiger partial charge on any atom is -0.306 e. The Labute approximate surface area is 132 Å². The second kappa shape index (κ2) is 6.96. The number of hydrogen-bond acceptors (Lipinski definition) is 2. The first kappa shape index (κ1) is 15.1. The molecule has 0 aliphatic heterocycles. The first-order valence-electron chi connectivity index (χ1n) is 6.05. The van der Waals surface area contributed by atoms with Crippen LogP contribution in [0, 0.1) is 0 Å². The molecule has 0 saturated heterocycles. The summed E-state index contributed by atoms with van der Waals surface area (Å²) in [5.41, 5.74) is 0.965. The average molecular weight is 335 g/mol. The van der Waals surface area contributed by atoms with Gasteiger partial charge in [-0.25, -0.2) is 0 Å². The molecule has 0 bridgehead atoms. The van der Waals surface area contributed by atoms with Crippen molar-refractivity contribution in [1.82, 2.24) is 5.32 Å². The fourth-order valence-electron chi connectivity index (χ4n) is 1.89. The van der Waals surface area contributed by atoms with Crippen molar-refractivity contribution >= 4 is 46.1 Å². The SMILES string of the molecule is CCCNC(c1cccc(Cl)c1Cl)c1sccc1Cl. The van der Waals surface area contributed by atoms with Crippen molar-refractivity contribution in [2.24, 2.45) is 0 Å². The highest BCUT2D eigenvalue weighted by Gasteiger charge is 2.21. The third-order valence-electron chi connectivity index (χ3n) is 2.80. The lowest BCUT2D eigenvalue weighted by atomic mass is 10.0. The quantitative estimate of drug-likeness (QED) is 0.729. The van der Waals surface area contributed by atoms with Crippen LogP contribution in [0.2, 0.25) is 15.1 Å². The van der Waals surface area contributed by atoms with Gasteiger partial charge in [-0.3, -0.25) is 0 Å². The van der Waals surface area contributed by atoms with E-state index in [9.17, 15) is 0 Å². The Morgan fingerprint density at radius 3 is 2.58 bits per heavy atom. The van der Waals surface area contributed by atoms with E-state index in [-0.39, 0.29) is 6.04 Å². The molecule has 0 amide bonds. The van der Waals surface area contributed by atoms with Gasteiger partial charge in [0.15, 0.2) is 0 Å². The minimum absolute atomic E-state index is 0.0151. The largest absolute Gasteiger partial charge is 0.306 e. The van der Waals surface area contributed by atoms with Crippen LogP contribution in [-0.4, -0.2) is 6.54 Å². The summed E-state index contributed by atoms with van der Waals surface area (Å²) >= 11 is 20.3. The van der Waals surface area contributed by atoms with Crippen LogP contribution in [0.3, 0.4) is 0 Å². The summed E-state index contributed by atoms with van der Waals surface area (Å²) in [6, 6.07) is 7.57. The van der Waals surface area contributed by atoms with E-state index >= 15 is 0 Å². The maximum absolute atomic E-state index is 6.33. The highest BCUT2D eigenvalue weighted by atomic mass is 35.5. The van der Waals surface area contributed by atoms with Gasteiger partial charge in [0.2, 0.25) is 0 Å².